The summed E-state index contributed by atoms with van der Waals surface area (Å²) in [5.74, 6) is 0.633. The SMILES string of the molecule is CC.N#Cc1cc(-c2cccc3oc4c(-c5ccccc5)nc(-c5ccccc5)nc4c23)cc(-n2c3c(c4ccccc42)CCC=C3)c1. The van der Waals surface area contributed by atoms with Gasteiger partial charge in [-0.05, 0) is 65.9 Å². The maximum atomic E-state index is 10.2. The summed E-state index contributed by atoms with van der Waals surface area (Å²) in [5, 5.41) is 12.4. The van der Waals surface area contributed by atoms with Crippen molar-refractivity contribution in [2.75, 3.05) is 0 Å². The van der Waals surface area contributed by atoms with Gasteiger partial charge in [0.05, 0.1) is 22.5 Å². The molecule has 48 heavy (non-hydrogen) atoms. The Balaban J connectivity index is 0.00000165. The third-order valence-corrected chi connectivity index (χ3v) is 8.89. The average molecular weight is 621 g/mol. The molecule has 0 saturated carbocycles. The first kappa shape index (κ1) is 29.2. The largest absolute Gasteiger partial charge is 0.452 e. The number of para-hydroxylation sites is 1. The second-order valence-electron chi connectivity index (χ2n) is 11.6. The third kappa shape index (κ3) is 4.78. The Labute approximate surface area is 279 Å². The van der Waals surface area contributed by atoms with E-state index in [4.69, 9.17) is 14.4 Å². The minimum Gasteiger partial charge on any atom is -0.452 e. The average Bonchev–Trinajstić information content (AvgIpc) is 3.72. The van der Waals surface area contributed by atoms with E-state index in [0.717, 1.165) is 68.5 Å². The number of hydrogen-bond acceptors (Lipinski definition) is 4. The Bertz CT molecular complexity index is 2530. The van der Waals surface area contributed by atoms with Crippen LogP contribution in [0.1, 0.15) is 37.1 Å². The monoisotopic (exact) mass is 620 g/mol. The number of nitriles is 1. The number of furan rings is 1. The summed E-state index contributed by atoms with van der Waals surface area (Å²) in [5.41, 5.74) is 11.8. The van der Waals surface area contributed by atoms with Crippen molar-refractivity contribution >= 4 is 39.0 Å². The van der Waals surface area contributed by atoms with Crippen LogP contribution in [0.3, 0.4) is 0 Å². The van der Waals surface area contributed by atoms with Gasteiger partial charge in [0.15, 0.2) is 11.4 Å². The van der Waals surface area contributed by atoms with E-state index in [9.17, 15) is 5.26 Å². The van der Waals surface area contributed by atoms with Crippen molar-refractivity contribution in [3.63, 3.8) is 0 Å². The van der Waals surface area contributed by atoms with Gasteiger partial charge in [0.1, 0.15) is 16.8 Å². The highest BCUT2D eigenvalue weighted by Gasteiger charge is 2.22. The first-order valence-corrected chi connectivity index (χ1v) is 16.5. The van der Waals surface area contributed by atoms with Gasteiger partial charge in [-0.15, -0.1) is 0 Å². The number of nitrogens with zero attached hydrogens (tertiary/aromatic N) is 4. The lowest BCUT2D eigenvalue weighted by Crippen LogP contribution is -2.01. The number of benzene rings is 5. The molecular weight excluding hydrogens is 589 g/mol. The highest BCUT2D eigenvalue weighted by molar-refractivity contribution is 6.13. The summed E-state index contributed by atoms with van der Waals surface area (Å²) in [4.78, 5) is 10.2. The van der Waals surface area contributed by atoms with E-state index in [2.05, 4.69) is 59.2 Å². The van der Waals surface area contributed by atoms with Crippen LogP contribution in [-0.4, -0.2) is 14.5 Å². The van der Waals surface area contributed by atoms with Gasteiger partial charge in [-0.25, -0.2) is 9.97 Å². The fourth-order valence-corrected chi connectivity index (χ4v) is 6.86. The fourth-order valence-electron chi connectivity index (χ4n) is 6.86. The molecule has 5 heteroatoms. The first-order chi connectivity index (χ1) is 23.8. The van der Waals surface area contributed by atoms with Crippen molar-refractivity contribution in [2.24, 2.45) is 0 Å². The van der Waals surface area contributed by atoms with Gasteiger partial charge >= 0.3 is 0 Å². The number of rotatable bonds is 4. The summed E-state index contributed by atoms with van der Waals surface area (Å²) >= 11 is 0. The minimum atomic E-state index is 0.591. The molecule has 5 aromatic carbocycles. The van der Waals surface area contributed by atoms with Crippen molar-refractivity contribution in [3.8, 4) is 45.5 Å². The fraction of sp³-hybridized carbons (Fsp3) is 0.0930. The molecule has 0 radical (unpaired) electrons. The molecule has 0 atom stereocenters. The Hall–Kier alpha value is -6.25. The highest BCUT2D eigenvalue weighted by Crippen LogP contribution is 2.41. The number of aromatic nitrogens is 3. The van der Waals surface area contributed by atoms with E-state index in [-0.39, 0.29) is 0 Å². The van der Waals surface area contributed by atoms with Gasteiger partial charge in [0.25, 0.3) is 0 Å². The van der Waals surface area contributed by atoms with E-state index in [1.807, 2.05) is 98.8 Å². The van der Waals surface area contributed by atoms with E-state index in [1.165, 1.54) is 16.6 Å². The first-order valence-electron chi connectivity index (χ1n) is 16.5. The topological polar surface area (TPSA) is 67.6 Å². The summed E-state index contributed by atoms with van der Waals surface area (Å²) < 4.78 is 8.87. The molecular formula is C43H32N4O. The molecule has 0 unspecified atom stereocenters. The maximum absolute atomic E-state index is 10.2. The molecule has 3 aromatic heterocycles. The van der Waals surface area contributed by atoms with Crippen LogP contribution in [0.25, 0.3) is 78.5 Å². The van der Waals surface area contributed by atoms with Crippen LogP contribution in [0.5, 0.6) is 0 Å². The lowest BCUT2D eigenvalue weighted by Gasteiger charge is -2.14. The predicted molar refractivity (Wildman–Crippen MR) is 196 cm³/mol. The number of allylic oxidation sites excluding steroid dienone is 1. The maximum Gasteiger partial charge on any atom is 0.180 e. The second-order valence-corrected chi connectivity index (χ2v) is 11.6. The van der Waals surface area contributed by atoms with Crippen LogP contribution in [0.15, 0.2) is 132 Å². The number of fused-ring (bicyclic) bond motifs is 6. The quantitative estimate of drug-likeness (QED) is 0.196. The summed E-state index contributed by atoms with van der Waals surface area (Å²) in [6.45, 7) is 4.00. The van der Waals surface area contributed by atoms with Crippen LogP contribution >= 0.6 is 0 Å². The van der Waals surface area contributed by atoms with Gasteiger partial charge < -0.3 is 8.98 Å². The van der Waals surface area contributed by atoms with Crippen molar-refractivity contribution < 1.29 is 4.42 Å². The molecule has 9 rings (SSSR count). The van der Waals surface area contributed by atoms with Gasteiger partial charge in [-0.3, -0.25) is 0 Å². The highest BCUT2D eigenvalue weighted by atomic mass is 16.3. The van der Waals surface area contributed by atoms with E-state index in [1.54, 1.807) is 0 Å². The molecule has 0 amide bonds. The van der Waals surface area contributed by atoms with Crippen LogP contribution in [0.2, 0.25) is 0 Å². The van der Waals surface area contributed by atoms with Crippen LogP contribution in [0.4, 0.5) is 0 Å². The van der Waals surface area contributed by atoms with Crippen LogP contribution in [0, 0.1) is 11.3 Å². The molecule has 0 fully saturated rings. The summed E-state index contributed by atoms with van der Waals surface area (Å²) in [6.07, 6.45) is 6.48. The Kier molecular flexibility index (Phi) is 7.39. The molecule has 0 saturated heterocycles. The molecule has 1 aliphatic carbocycles. The van der Waals surface area contributed by atoms with Crippen molar-refractivity contribution in [3.05, 3.63) is 144 Å². The van der Waals surface area contributed by atoms with Gasteiger partial charge in [0.2, 0.25) is 0 Å². The molecule has 0 aliphatic heterocycles. The second kappa shape index (κ2) is 12.2. The molecule has 5 nitrogen and oxygen atoms in total. The van der Waals surface area contributed by atoms with Crippen molar-refractivity contribution in [1.82, 2.24) is 14.5 Å². The normalized spacial score (nSPS) is 12.1. The lowest BCUT2D eigenvalue weighted by atomic mass is 9.98. The summed E-state index contributed by atoms with van der Waals surface area (Å²) in [7, 11) is 0. The van der Waals surface area contributed by atoms with Crippen LogP contribution in [-0.2, 0) is 6.42 Å². The zero-order valence-electron chi connectivity index (χ0n) is 26.8. The Morgan fingerprint density at radius 2 is 1.50 bits per heavy atom. The molecule has 0 N–H and O–H groups in total. The molecule has 1 aliphatic rings. The predicted octanol–water partition coefficient (Wildman–Crippen LogP) is 11.2. The van der Waals surface area contributed by atoms with Gasteiger partial charge in [0, 0.05) is 27.9 Å². The third-order valence-electron chi connectivity index (χ3n) is 8.89. The number of aryl methyl sites for hydroxylation is 1. The van der Waals surface area contributed by atoms with Crippen molar-refractivity contribution in [1.29, 1.82) is 5.26 Å². The van der Waals surface area contributed by atoms with E-state index >= 15 is 0 Å². The van der Waals surface area contributed by atoms with E-state index in [0.29, 0.717) is 17.0 Å². The van der Waals surface area contributed by atoms with Crippen molar-refractivity contribution in [2.45, 2.75) is 26.7 Å². The molecule has 230 valence electrons. The van der Waals surface area contributed by atoms with Gasteiger partial charge in [-0.1, -0.05) is 111 Å². The lowest BCUT2D eigenvalue weighted by molar-refractivity contribution is 0.667. The molecule has 0 bridgehead atoms. The van der Waals surface area contributed by atoms with Crippen LogP contribution < -0.4 is 0 Å². The van der Waals surface area contributed by atoms with Gasteiger partial charge in [-0.2, -0.15) is 5.26 Å². The number of hydrogen-bond donors (Lipinski definition) is 0. The molecule has 3 heterocycles. The minimum absolute atomic E-state index is 0.591. The smallest absolute Gasteiger partial charge is 0.180 e. The standard InChI is InChI=1S/C41H26N4O.C2H6/c42-25-26-22-29(24-30(23-26)45-34-19-9-7-16-32(34)33-17-8-10-20-35(33)45)31-18-11-21-36-37(31)39-40(46-36)38(27-12-3-1-4-13-27)43-41(44-39)28-14-5-2-6-15-28;1-2/h1-7,9-16,18-24H,8,17H2;1-2H3. The molecule has 8 aromatic rings. The zero-order valence-corrected chi connectivity index (χ0v) is 26.8. The Morgan fingerprint density at radius 1 is 0.750 bits per heavy atom. The molecule has 0 spiro atoms. The zero-order chi connectivity index (χ0) is 32.6. The Morgan fingerprint density at radius 3 is 2.29 bits per heavy atom. The van der Waals surface area contributed by atoms with E-state index < -0.39 is 0 Å². The summed E-state index contributed by atoms with van der Waals surface area (Å²) in [6, 6.07) is 43.3.